The number of piperidine rings is 1. The summed E-state index contributed by atoms with van der Waals surface area (Å²) in [5.74, 6) is -1.26. The van der Waals surface area contributed by atoms with E-state index >= 15 is 0 Å². The molecule has 1 aromatic heterocycles. The van der Waals surface area contributed by atoms with Gasteiger partial charge in [-0.05, 0) is 36.6 Å². The molecule has 7 heteroatoms. The lowest BCUT2D eigenvalue weighted by Crippen LogP contribution is -2.44. The van der Waals surface area contributed by atoms with E-state index in [1.165, 1.54) is 6.33 Å². The second kappa shape index (κ2) is 6.97. The molecule has 0 aliphatic carbocycles. The number of benzene rings is 1. The summed E-state index contributed by atoms with van der Waals surface area (Å²) in [6.07, 6.45) is 3.96. The highest BCUT2D eigenvalue weighted by Gasteiger charge is 2.38. The molecule has 2 aromatic rings. The van der Waals surface area contributed by atoms with Gasteiger partial charge in [0.25, 0.3) is 0 Å². The normalized spacial score (nSPS) is 20.9. The highest BCUT2D eigenvalue weighted by atomic mass is 35.5. The molecule has 1 unspecified atom stereocenters. The Bertz CT molecular complexity index is 737. The lowest BCUT2D eigenvalue weighted by molar-refractivity contribution is -0.141. The number of amides is 1. The van der Waals surface area contributed by atoms with Gasteiger partial charge in [0.05, 0.1) is 12.5 Å². The molecule has 24 heavy (non-hydrogen) atoms. The molecular formula is C17H16ClN3O3. The molecule has 2 heterocycles. The van der Waals surface area contributed by atoms with Crippen LogP contribution in [0.3, 0.4) is 0 Å². The SMILES string of the molecule is O=C(O)CC1CC[C@@H](c2ccc(Cl)cc2)N(c2ccncn2)C1=O. The van der Waals surface area contributed by atoms with Gasteiger partial charge in [0, 0.05) is 17.1 Å². The third-order valence-electron chi connectivity index (χ3n) is 4.18. The largest absolute Gasteiger partial charge is 0.481 e. The molecule has 1 aliphatic heterocycles. The zero-order valence-corrected chi connectivity index (χ0v) is 13.6. The minimum absolute atomic E-state index is 0.173. The predicted molar refractivity (Wildman–Crippen MR) is 88.7 cm³/mol. The van der Waals surface area contributed by atoms with E-state index in [-0.39, 0.29) is 18.4 Å². The van der Waals surface area contributed by atoms with Gasteiger partial charge in [-0.1, -0.05) is 23.7 Å². The molecule has 0 spiro atoms. The fourth-order valence-corrected chi connectivity index (χ4v) is 3.19. The van der Waals surface area contributed by atoms with Gasteiger partial charge in [-0.15, -0.1) is 0 Å². The standard InChI is InChI=1S/C17H16ClN3O3/c18-13-4-1-11(2-5-13)14-6-3-12(9-16(22)23)17(24)21(14)15-7-8-19-10-20-15/h1-2,4-5,7-8,10,12,14H,3,6,9H2,(H,22,23)/t12?,14-/m0/s1. The van der Waals surface area contributed by atoms with Gasteiger partial charge in [-0.25, -0.2) is 9.97 Å². The monoisotopic (exact) mass is 345 g/mol. The Hall–Kier alpha value is -2.47. The Labute approximate surface area is 144 Å². The van der Waals surface area contributed by atoms with Crippen LogP contribution in [0.15, 0.2) is 42.9 Å². The van der Waals surface area contributed by atoms with Crippen molar-refractivity contribution >= 4 is 29.3 Å². The number of aliphatic carboxylic acids is 1. The van der Waals surface area contributed by atoms with Crippen LogP contribution in [0.4, 0.5) is 5.82 Å². The van der Waals surface area contributed by atoms with Gasteiger partial charge in [0.1, 0.15) is 12.1 Å². The Morgan fingerprint density at radius 1 is 1.25 bits per heavy atom. The van der Waals surface area contributed by atoms with Crippen molar-refractivity contribution in [1.29, 1.82) is 0 Å². The number of carbonyl (C=O) groups excluding carboxylic acids is 1. The van der Waals surface area contributed by atoms with Crippen LogP contribution in [0.25, 0.3) is 0 Å². The number of hydrogen-bond acceptors (Lipinski definition) is 4. The minimum Gasteiger partial charge on any atom is -0.481 e. The first-order valence-corrected chi connectivity index (χ1v) is 8.00. The van der Waals surface area contributed by atoms with Crippen molar-refractivity contribution in [3.8, 4) is 0 Å². The minimum atomic E-state index is -0.971. The average molecular weight is 346 g/mol. The van der Waals surface area contributed by atoms with Crippen LogP contribution in [0, 0.1) is 5.92 Å². The number of rotatable bonds is 4. The van der Waals surface area contributed by atoms with Crippen molar-refractivity contribution < 1.29 is 14.7 Å². The number of nitrogens with zero attached hydrogens (tertiary/aromatic N) is 3. The quantitative estimate of drug-likeness (QED) is 0.920. The molecule has 1 N–H and O–H groups in total. The fourth-order valence-electron chi connectivity index (χ4n) is 3.06. The molecule has 1 saturated heterocycles. The summed E-state index contributed by atoms with van der Waals surface area (Å²) in [7, 11) is 0. The van der Waals surface area contributed by atoms with E-state index in [0.29, 0.717) is 23.7 Å². The van der Waals surface area contributed by atoms with Crippen molar-refractivity contribution in [3.63, 3.8) is 0 Å². The summed E-state index contributed by atoms with van der Waals surface area (Å²) in [6, 6.07) is 8.78. The van der Waals surface area contributed by atoms with E-state index in [1.807, 2.05) is 12.1 Å². The molecule has 0 radical (unpaired) electrons. The van der Waals surface area contributed by atoms with Gasteiger partial charge < -0.3 is 5.11 Å². The zero-order chi connectivity index (χ0) is 17.1. The molecule has 1 amide bonds. The molecule has 1 aliphatic rings. The van der Waals surface area contributed by atoms with Gasteiger partial charge >= 0.3 is 5.97 Å². The lowest BCUT2D eigenvalue weighted by Gasteiger charge is -2.38. The highest BCUT2D eigenvalue weighted by Crippen LogP contribution is 2.38. The highest BCUT2D eigenvalue weighted by molar-refractivity contribution is 6.30. The molecule has 6 nitrogen and oxygen atoms in total. The smallest absolute Gasteiger partial charge is 0.304 e. The summed E-state index contributed by atoms with van der Waals surface area (Å²) in [5.41, 5.74) is 0.945. The van der Waals surface area contributed by atoms with Crippen molar-refractivity contribution in [2.45, 2.75) is 25.3 Å². The van der Waals surface area contributed by atoms with Crippen molar-refractivity contribution in [1.82, 2.24) is 9.97 Å². The van der Waals surface area contributed by atoms with Crippen molar-refractivity contribution in [2.75, 3.05) is 4.90 Å². The van der Waals surface area contributed by atoms with Crippen LogP contribution in [0.1, 0.15) is 30.9 Å². The number of carbonyl (C=O) groups is 2. The summed E-state index contributed by atoms with van der Waals surface area (Å²) < 4.78 is 0. The van der Waals surface area contributed by atoms with E-state index < -0.39 is 11.9 Å². The van der Waals surface area contributed by atoms with E-state index in [4.69, 9.17) is 16.7 Å². The molecule has 124 valence electrons. The first kappa shape index (κ1) is 16.4. The van der Waals surface area contributed by atoms with E-state index in [2.05, 4.69) is 9.97 Å². The van der Waals surface area contributed by atoms with Gasteiger partial charge in [-0.3, -0.25) is 14.5 Å². The number of hydrogen-bond donors (Lipinski definition) is 1. The molecular weight excluding hydrogens is 330 g/mol. The second-order valence-corrected chi connectivity index (χ2v) is 6.15. The Morgan fingerprint density at radius 2 is 2.00 bits per heavy atom. The second-order valence-electron chi connectivity index (χ2n) is 5.72. The van der Waals surface area contributed by atoms with Crippen LogP contribution in [-0.2, 0) is 9.59 Å². The topological polar surface area (TPSA) is 83.4 Å². The first-order valence-electron chi connectivity index (χ1n) is 7.62. The number of halogens is 1. The third kappa shape index (κ3) is 3.38. The molecule has 3 rings (SSSR count). The van der Waals surface area contributed by atoms with Crippen LogP contribution in [0.2, 0.25) is 5.02 Å². The fraction of sp³-hybridized carbons (Fsp3) is 0.294. The maximum absolute atomic E-state index is 12.9. The Balaban J connectivity index is 1.97. The van der Waals surface area contributed by atoms with Gasteiger partial charge in [0.2, 0.25) is 5.91 Å². The molecule has 2 atom stereocenters. The van der Waals surface area contributed by atoms with Crippen molar-refractivity contribution in [2.24, 2.45) is 5.92 Å². The number of carboxylic acid groups (broad SMARTS) is 1. The summed E-state index contributed by atoms with van der Waals surface area (Å²) >= 11 is 5.95. The third-order valence-corrected chi connectivity index (χ3v) is 4.43. The average Bonchev–Trinajstić information content (AvgIpc) is 2.58. The lowest BCUT2D eigenvalue weighted by atomic mass is 9.86. The maximum atomic E-state index is 12.9. The number of aromatic nitrogens is 2. The maximum Gasteiger partial charge on any atom is 0.304 e. The van der Waals surface area contributed by atoms with Gasteiger partial charge in [-0.2, -0.15) is 0 Å². The van der Waals surface area contributed by atoms with E-state index in [0.717, 1.165) is 5.56 Å². The molecule has 0 saturated carbocycles. The molecule has 1 fully saturated rings. The van der Waals surface area contributed by atoms with Gasteiger partial charge in [0.15, 0.2) is 0 Å². The van der Waals surface area contributed by atoms with Crippen LogP contribution in [0.5, 0.6) is 0 Å². The summed E-state index contributed by atoms with van der Waals surface area (Å²) in [6.45, 7) is 0. The van der Waals surface area contributed by atoms with Crippen LogP contribution in [-0.4, -0.2) is 27.0 Å². The molecule has 0 bridgehead atoms. The van der Waals surface area contributed by atoms with Crippen molar-refractivity contribution in [3.05, 3.63) is 53.4 Å². The number of carboxylic acids is 1. The summed E-state index contributed by atoms with van der Waals surface area (Å²) in [4.78, 5) is 33.6. The Kier molecular flexibility index (Phi) is 4.76. The van der Waals surface area contributed by atoms with E-state index in [9.17, 15) is 9.59 Å². The zero-order valence-electron chi connectivity index (χ0n) is 12.8. The Morgan fingerprint density at radius 3 is 2.62 bits per heavy atom. The predicted octanol–water partition coefficient (Wildman–Crippen LogP) is 3.09. The van der Waals surface area contributed by atoms with Crippen LogP contribution >= 0.6 is 11.6 Å². The number of anilines is 1. The van der Waals surface area contributed by atoms with E-state index in [1.54, 1.807) is 29.3 Å². The molecule has 1 aromatic carbocycles. The summed E-state index contributed by atoms with van der Waals surface area (Å²) in [5, 5.41) is 9.67. The van der Waals surface area contributed by atoms with Crippen LogP contribution < -0.4 is 4.90 Å². The first-order chi connectivity index (χ1) is 11.6.